The van der Waals surface area contributed by atoms with Gasteiger partial charge in [0, 0.05) is 17.8 Å². The lowest BCUT2D eigenvalue weighted by Crippen LogP contribution is -2.38. The number of nitro benzene ring substituents is 1. The fourth-order valence-corrected chi connectivity index (χ4v) is 2.66. The molecule has 0 aromatic heterocycles. The lowest BCUT2D eigenvalue weighted by atomic mass is 10.1. The zero-order valence-electron chi connectivity index (χ0n) is 11.0. The molecule has 0 radical (unpaired) electrons. The van der Waals surface area contributed by atoms with Crippen LogP contribution in [0.4, 0.5) is 11.4 Å². The van der Waals surface area contributed by atoms with Gasteiger partial charge in [0.05, 0.1) is 4.92 Å². The molecule has 3 rings (SSSR count). The predicted octanol–water partition coefficient (Wildman–Crippen LogP) is 2.10. The SMILES string of the molecule is Nc1ccc([N+](=O)[O-])c(C(=O)NC(C2CC2)C2CC2)c1. The number of anilines is 1. The van der Waals surface area contributed by atoms with Crippen LogP contribution in [0.1, 0.15) is 36.0 Å². The van der Waals surface area contributed by atoms with Crippen LogP contribution in [0.15, 0.2) is 18.2 Å². The highest BCUT2D eigenvalue weighted by molar-refractivity contribution is 5.99. The van der Waals surface area contributed by atoms with Crippen molar-refractivity contribution in [2.24, 2.45) is 11.8 Å². The Morgan fingerprint density at radius 3 is 2.40 bits per heavy atom. The molecule has 1 amide bonds. The second kappa shape index (κ2) is 4.77. The highest BCUT2D eigenvalue weighted by atomic mass is 16.6. The zero-order chi connectivity index (χ0) is 14.3. The summed E-state index contributed by atoms with van der Waals surface area (Å²) < 4.78 is 0. The molecule has 0 unspecified atom stereocenters. The maximum Gasteiger partial charge on any atom is 0.282 e. The predicted molar refractivity (Wildman–Crippen MR) is 74.2 cm³/mol. The number of hydrogen-bond acceptors (Lipinski definition) is 4. The molecule has 6 heteroatoms. The number of nitrogens with one attached hydrogen (secondary N) is 1. The van der Waals surface area contributed by atoms with Gasteiger partial charge in [-0.2, -0.15) is 0 Å². The molecule has 1 aromatic carbocycles. The largest absolute Gasteiger partial charge is 0.399 e. The molecule has 0 saturated heterocycles. The van der Waals surface area contributed by atoms with Crippen molar-refractivity contribution in [1.82, 2.24) is 5.32 Å². The molecule has 2 saturated carbocycles. The van der Waals surface area contributed by atoms with Crippen LogP contribution in [0.5, 0.6) is 0 Å². The highest BCUT2D eigenvalue weighted by Gasteiger charge is 2.42. The fraction of sp³-hybridized carbons (Fsp3) is 0.500. The molecular weight excluding hydrogens is 258 g/mol. The van der Waals surface area contributed by atoms with Crippen LogP contribution in [-0.2, 0) is 0 Å². The van der Waals surface area contributed by atoms with Gasteiger partial charge in [0.25, 0.3) is 11.6 Å². The number of carbonyl (C=O) groups excluding carboxylic acids is 1. The number of hydrogen-bond donors (Lipinski definition) is 2. The van der Waals surface area contributed by atoms with Crippen molar-refractivity contribution in [3.8, 4) is 0 Å². The molecule has 2 aliphatic carbocycles. The number of nitrogens with zero attached hydrogens (tertiary/aromatic N) is 1. The summed E-state index contributed by atoms with van der Waals surface area (Å²) in [6.45, 7) is 0. The molecule has 0 aliphatic heterocycles. The Balaban J connectivity index is 1.82. The minimum atomic E-state index is -0.544. The molecule has 2 fully saturated rings. The van der Waals surface area contributed by atoms with E-state index < -0.39 is 4.92 Å². The summed E-state index contributed by atoms with van der Waals surface area (Å²) in [7, 11) is 0. The van der Waals surface area contributed by atoms with E-state index in [1.54, 1.807) is 0 Å². The molecule has 106 valence electrons. The van der Waals surface area contributed by atoms with Crippen molar-refractivity contribution in [3.63, 3.8) is 0 Å². The third kappa shape index (κ3) is 2.59. The van der Waals surface area contributed by atoms with Crippen LogP contribution in [0.25, 0.3) is 0 Å². The van der Waals surface area contributed by atoms with Crippen LogP contribution < -0.4 is 11.1 Å². The lowest BCUT2D eigenvalue weighted by molar-refractivity contribution is -0.385. The van der Waals surface area contributed by atoms with Crippen molar-refractivity contribution in [2.45, 2.75) is 31.7 Å². The Morgan fingerprint density at radius 1 is 1.30 bits per heavy atom. The minimum absolute atomic E-state index is 0.0568. The number of benzene rings is 1. The van der Waals surface area contributed by atoms with E-state index in [9.17, 15) is 14.9 Å². The average molecular weight is 275 g/mol. The Morgan fingerprint density at radius 2 is 1.90 bits per heavy atom. The number of nitrogen functional groups attached to an aromatic ring is 1. The van der Waals surface area contributed by atoms with E-state index in [0.29, 0.717) is 17.5 Å². The summed E-state index contributed by atoms with van der Waals surface area (Å²) in [5.74, 6) is 0.714. The monoisotopic (exact) mass is 275 g/mol. The van der Waals surface area contributed by atoms with Crippen molar-refractivity contribution in [3.05, 3.63) is 33.9 Å². The van der Waals surface area contributed by atoms with Crippen LogP contribution in [0.2, 0.25) is 0 Å². The van der Waals surface area contributed by atoms with Crippen molar-refractivity contribution < 1.29 is 9.72 Å². The Kier molecular flexibility index (Phi) is 3.08. The molecule has 20 heavy (non-hydrogen) atoms. The maximum absolute atomic E-state index is 12.3. The van der Waals surface area contributed by atoms with Gasteiger partial charge in [-0.25, -0.2) is 0 Å². The van der Waals surface area contributed by atoms with E-state index in [1.165, 1.54) is 18.2 Å². The summed E-state index contributed by atoms with van der Waals surface area (Å²) in [5.41, 5.74) is 5.86. The number of nitro groups is 1. The minimum Gasteiger partial charge on any atom is -0.399 e. The average Bonchev–Trinajstić information content (AvgIpc) is 3.28. The number of rotatable bonds is 5. The molecule has 0 heterocycles. The quantitative estimate of drug-likeness (QED) is 0.488. The second-order valence-corrected chi connectivity index (χ2v) is 5.71. The first-order valence-electron chi connectivity index (χ1n) is 6.91. The van der Waals surface area contributed by atoms with Crippen LogP contribution in [-0.4, -0.2) is 16.9 Å². The first kappa shape index (κ1) is 12.9. The van der Waals surface area contributed by atoms with E-state index in [1.807, 2.05) is 0 Å². The van der Waals surface area contributed by atoms with Crippen molar-refractivity contribution in [2.75, 3.05) is 5.73 Å². The standard InChI is InChI=1S/C14H17N3O3/c15-10-5-6-12(17(19)20)11(7-10)14(18)16-13(8-1-2-8)9-3-4-9/h5-9,13H,1-4,15H2,(H,16,18). The molecule has 3 N–H and O–H groups in total. The molecule has 0 atom stereocenters. The van der Waals surface area contributed by atoms with Crippen molar-refractivity contribution in [1.29, 1.82) is 0 Å². The number of carbonyl (C=O) groups is 1. The van der Waals surface area contributed by atoms with E-state index >= 15 is 0 Å². The number of nitrogens with two attached hydrogens (primary N) is 1. The first-order valence-corrected chi connectivity index (χ1v) is 6.91. The van der Waals surface area contributed by atoms with Crippen LogP contribution in [0.3, 0.4) is 0 Å². The second-order valence-electron chi connectivity index (χ2n) is 5.71. The topological polar surface area (TPSA) is 98.3 Å². The smallest absolute Gasteiger partial charge is 0.282 e. The Hall–Kier alpha value is -2.11. The van der Waals surface area contributed by atoms with Gasteiger partial charge in [0.2, 0.25) is 0 Å². The summed E-state index contributed by atoms with van der Waals surface area (Å²) in [6, 6.07) is 4.27. The summed E-state index contributed by atoms with van der Waals surface area (Å²) in [4.78, 5) is 22.8. The van der Waals surface area contributed by atoms with Gasteiger partial charge < -0.3 is 11.1 Å². The van der Waals surface area contributed by atoms with Gasteiger partial charge in [-0.05, 0) is 49.7 Å². The molecule has 6 nitrogen and oxygen atoms in total. The Bertz CT molecular complexity index is 553. The highest BCUT2D eigenvalue weighted by Crippen LogP contribution is 2.44. The van der Waals surface area contributed by atoms with E-state index in [0.717, 1.165) is 25.7 Å². The third-order valence-electron chi connectivity index (χ3n) is 4.02. The third-order valence-corrected chi connectivity index (χ3v) is 4.02. The summed E-state index contributed by atoms with van der Waals surface area (Å²) in [5, 5.41) is 14.0. The normalized spacial score (nSPS) is 18.1. The van der Waals surface area contributed by atoms with Gasteiger partial charge in [0.1, 0.15) is 5.56 Å². The van der Waals surface area contributed by atoms with E-state index in [4.69, 9.17) is 5.73 Å². The van der Waals surface area contributed by atoms with E-state index in [2.05, 4.69) is 5.32 Å². The Labute approximate surface area is 116 Å². The molecule has 0 bridgehead atoms. The van der Waals surface area contributed by atoms with Gasteiger partial charge in [-0.1, -0.05) is 0 Å². The van der Waals surface area contributed by atoms with Gasteiger partial charge in [-0.15, -0.1) is 0 Å². The molecular formula is C14H17N3O3. The van der Waals surface area contributed by atoms with Crippen LogP contribution in [0, 0.1) is 22.0 Å². The van der Waals surface area contributed by atoms with Gasteiger partial charge >= 0.3 is 0 Å². The zero-order valence-corrected chi connectivity index (χ0v) is 11.0. The molecule has 1 aromatic rings. The van der Waals surface area contributed by atoms with Gasteiger partial charge in [0.15, 0.2) is 0 Å². The fourth-order valence-electron chi connectivity index (χ4n) is 2.66. The first-order chi connectivity index (χ1) is 9.56. The number of amides is 1. The van der Waals surface area contributed by atoms with E-state index in [-0.39, 0.29) is 23.2 Å². The maximum atomic E-state index is 12.3. The van der Waals surface area contributed by atoms with Crippen molar-refractivity contribution >= 4 is 17.3 Å². The lowest BCUT2D eigenvalue weighted by Gasteiger charge is -2.17. The van der Waals surface area contributed by atoms with Gasteiger partial charge in [-0.3, -0.25) is 14.9 Å². The summed E-state index contributed by atoms with van der Waals surface area (Å²) >= 11 is 0. The molecule has 0 spiro atoms. The van der Waals surface area contributed by atoms with Crippen LogP contribution >= 0.6 is 0 Å². The molecule has 2 aliphatic rings. The summed E-state index contributed by atoms with van der Waals surface area (Å²) in [6.07, 6.45) is 4.56.